The molecule has 0 aliphatic carbocycles. The number of thiazole rings is 1. The highest BCUT2D eigenvalue weighted by Crippen LogP contribution is 2.26. The number of carbonyl (C=O) groups is 2. The third-order valence-electron chi connectivity index (χ3n) is 3.22. The van der Waals surface area contributed by atoms with Gasteiger partial charge < -0.3 is 4.74 Å². The van der Waals surface area contributed by atoms with Gasteiger partial charge in [0.25, 0.3) is 11.6 Å². The van der Waals surface area contributed by atoms with Gasteiger partial charge in [-0.2, -0.15) is 0 Å². The Kier molecular flexibility index (Phi) is 5.24. The van der Waals surface area contributed by atoms with E-state index in [-0.39, 0.29) is 28.6 Å². The van der Waals surface area contributed by atoms with E-state index in [2.05, 4.69) is 10.3 Å². The van der Waals surface area contributed by atoms with Gasteiger partial charge in [0, 0.05) is 17.2 Å². The van der Waals surface area contributed by atoms with Crippen molar-refractivity contribution in [2.75, 3.05) is 11.9 Å². The van der Waals surface area contributed by atoms with Crippen LogP contribution in [0, 0.1) is 24.0 Å². The number of rotatable bonds is 5. The molecule has 1 amide bonds. The Labute approximate surface area is 141 Å². The topological polar surface area (TPSA) is 111 Å². The normalized spacial score (nSPS) is 10.3. The highest BCUT2D eigenvalue weighted by molar-refractivity contribution is 7.17. The first-order valence-electron chi connectivity index (χ1n) is 7.05. The van der Waals surface area contributed by atoms with Crippen molar-refractivity contribution < 1.29 is 19.2 Å². The second-order valence-corrected chi connectivity index (χ2v) is 5.81. The van der Waals surface area contributed by atoms with Gasteiger partial charge in [-0.05, 0) is 26.8 Å². The second-order valence-electron chi connectivity index (χ2n) is 4.81. The molecule has 126 valence electrons. The molecule has 1 N–H and O–H groups in total. The lowest BCUT2D eigenvalue weighted by Crippen LogP contribution is -2.14. The molecule has 0 unspecified atom stereocenters. The number of nitrogens with one attached hydrogen (secondary N) is 1. The Balaban J connectivity index is 2.25. The van der Waals surface area contributed by atoms with E-state index in [0.29, 0.717) is 10.6 Å². The van der Waals surface area contributed by atoms with Crippen LogP contribution in [0.1, 0.15) is 38.2 Å². The highest BCUT2D eigenvalue weighted by Gasteiger charge is 2.21. The summed E-state index contributed by atoms with van der Waals surface area (Å²) in [7, 11) is 0. The van der Waals surface area contributed by atoms with Crippen LogP contribution in [-0.2, 0) is 4.74 Å². The monoisotopic (exact) mass is 349 g/mol. The molecule has 0 aliphatic heterocycles. The summed E-state index contributed by atoms with van der Waals surface area (Å²) in [6.45, 7) is 5.08. The summed E-state index contributed by atoms with van der Waals surface area (Å²) in [5, 5.41) is 13.7. The minimum atomic E-state index is -0.543. The van der Waals surface area contributed by atoms with Crippen LogP contribution in [0.25, 0.3) is 0 Å². The van der Waals surface area contributed by atoms with Crippen molar-refractivity contribution in [1.82, 2.24) is 4.98 Å². The van der Waals surface area contributed by atoms with Gasteiger partial charge in [0.05, 0.1) is 17.2 Å². The van der Waals surface area contributed by atoms with Gasteiger partial charge >= 0.3 is 5.97 Å². The fourth-order valence-corrected chi connectivity index (χ4v) is 2.92. The average Bonchev–Trinajstić information content (AvgIpc) is 2.87. The highest BCUT2D eigenvalue weighted by atomic mass is 32.1. The first-order chi connectivity index (χ1) is 11.3. The number of aryl methyl sites for hydroxylation is 1. The lowest BCUT2D eigenvalue weighted by molar-refractivity contribution is -0.385. The maximum atomic E-state index is 12.3. The molecule has 0 aliphatic rings. The van der Waals surface area contributed by atoms with E-state index >= 15 is 0 Å². The Morgan fingerprint density at radius 2 is 2.08 bits per heavy atom. The summed E-state index contributed by atoms with van der Waals surface area (Å²) >= 11 is 0.995. The molecule has 2 rings (SSSR count). The number of carbonyl (C=O) groups excluding carboxylic acids is 2. The summed E-state index contributed by atoms with van der Waals surface area (Å²) in [6.07, 6.45) is 0. The fraction of sp³-hybridized carbons (Fsp3) is 0.267. The van der Waals surface area contributed by atoms with Crippen molar-refractivity contribution in [1.29, 1.82) is 0 Å². The molecular formula is C15H15N3O5S. The quantitative estimate of drug-likeness (QED) is 0.504. The van der Waals surface area contributed by atoms with Gasteiger partial charge in [-0.1, -0.05) is 17.4 Å². The predicted molar refractivity (Wildman–Crippen MR) is 88.6 cm³/mol. The van der Waals surface area contributed by atoms with Crippen LogP contribution in [0.4, 0.5) is 10.8 Å². The van der Waals surface area contributed by atoms with Crippen LogP contribution in [0.15, 0.2) is 18.2 Å². The minimum absolute atomic E-state index is 0.134. The van der Waals surface area contributed by atoms with Gasteiger partial charge in [0.15, 0.2) is 5.13 Å². The third-order valence-corrected chi connectivity index (χ3v) is 4.28. The van der Waals surface area contributed by atoms with E-state index < -0.39 is 16.8 Å². The van der Waals surface area contributed by atoms with E-state index in [1.165, 1.54) is 25.1 Å². The molecule has 0 spiro atoms. The van der Waals surface area contributed by atoms with Gasteiger partial charge in [0.1, 0.15) is 4.88 Å². The van der Waals surface area contributed by atoms with Crippen molar-refractivity contribution >= 4 is 34.0 Å². The number of hydrogen-bond acceptors (Lipinski definition) is 7. The fourth-order valence-electron chi connectivity index (χ4n) is 2.07. The molecular weight excluding hydrogens is 334 g/mol. The summed E-state index contributed by atoms with van der Waals surface area (Å²) in [4.78, 5) is 38.9. The minimum Gasteiger partial charge on any atom is -0.462 e. The molecule has 8 nitrogen and oxygen atoms in total. The molecule has 24 heavy (non-hydrogen) atoms. The molecule has 0 atom stereocenters. The van der Waals surface area contributed by atoms with E-state index in [1.807, 2.05) is 0 Å². The second kappa shape index (κ2) is 7.18. The Bertz CT molecular complexity index is 815. The number of benzene rings is 1. The van der Waals surface area contributed by atoms with Crippen LogP contribution in [-0.4, -0.2) is 28.4 Å². The number of hydrogen-bond donors (Lipinski definition) is 1. The molecule has 0 radical (unpaired) electrons. The number of ether oxygens (including phenoxy) is 1. The standard InChI is InChI=1S/C15H15N3O5S/c1-4-23-14(20)12-9(3)16-15(24-12)17-13(19)10-6-5-7-11(8(10)2)18(21)22/h5-7H,4H2,1-3H3,(H,16,17,19). The maximum absolute atomic E-state index is 12.3. The summed E-state index contributed by atoms with van der Waals surface area (Å²) in [5.74, 6) is -1.03. The molecule has 0 bridgehead atoms. The summed E-state index contributed by atoms with van der Waals surface area (Å²) < 4.78 is 4.92. The van der Waals surface area contributed by atoms with Crippen molar-refractivity contribution in [3.8, 4) is 0 Å². The van der Waals surface area contributed by atoms with Crippen LogP contribution in [0.3, 0.4) is 0 Å². The molecule has 0 fully saturated rings. The van der Waals surface area contributed by atoms with Gasteiger partial charge in [-0.3, -0.25) is 20.2 Å². The number of aromatic nitrogens is 1. The van der Waals surface area contributed by atoms with Gasteiger partial charge in [-0.25, -0.2) is 9.78 Å². The number of amides is 1. The summed E-state index contributed by atoms with van der Waals surface area (Å²) in [6, 6.07) is 4.26. The molecule has 1 heterocycles. The SMILES string of the molecule is CCOC(=O)c1sc(NC(=O)c2cccc([N+](=O)[O-])c2C)nc1C. The smallest absolute Gasteiger partial charge is 0.350 e. The molecule has 2 aromatic rings. The number of nitro groups is 1. The number of nitro benzene ring substituents is 1. The molecule has 1 aromatic heterocycles. The number of anilines is 1. The zero-order valence-corrected chi connectivity index (χ0v) is 14.1. The number of nitrogens with zero attached hydrogens (tertiary/aromatic N) is 2. The molecule has 0 saturated carbocycles. The van der Waals surface area contributed by atoms with Crippen molar-refractivity contribution in [3.63, 3.8) is 0 Å². The van der Waals surface area contributed by atoms with Gasteiger partial charge in [0.2, 0.25) is 0 Å². The molecule has 0 saturated heterocycles. The average molecular weight is 349 g/mol. The third kappa shape index (κ3) is 3.57. The van der Waals surface area contributed by atoms with Crippen LogP contribution in [0.2, 0.25) is 0 Å². The predicted octanol–water partition coefficient (Wildman–Crippen LogP) is 3.10. The van der Waals surface area contributed by atoms with Crippen LogP contribution < -0.4 is 5.32 Å². The first-order valence-corrected chi connectivity index (χ1v) is 7.86. The zero-order chi connectivity index (χ0) is 17.9. The molecule has 9 heteroatoms. The Morgan fingerprint density at radius 3 is 2.71 bits per heavy atom. The molecule has 1 aromatic carbocycles. The van der Waals surface area contributed by atoms with Crippen LogP contribution >= 0.6 is 11.3 Å². The van der Waals surface area contributed by atoms with E-state index in [0.717, 1.165) is 11.3 Å². The number of esters is 1. The van der Waals surface area contributed by atoms with Gasteiger partial charge in [-0.15, -0.1) is 0 Å². The van der Waals surface area contributed by atoms with E-state index in [1.54, 1.807) is 13.8 Å². The first kappa shape index (κ1) is 17.5. The van der Waals surface area contributed by atoms with E-state index in [4.69, 9.17) is 4.74 Å². The van der Waals surface area contributed by atoms with Crippen molar-refractivity contribution in [2.24, 2.45) is 0 Å². The van der Waals surface area contributed by atoms with E-state index in [9.17, 15) is 19.7 Å². The largest absolute Gasteiger partial charge is 0.462 e. The van der Waals surface area contributed by atoms with Crippen LogP contribution in [0.5, 0.6) is 0 Å². The summed E-state index contributed by atoms with van der Waals surface area (Å²) in [5.41, 5.74) is 0.753. The van der Waals surface area contributed by atoms with Crippen molar-refractivity contribution in [2.45, 2.75) is 20.8 Å². The Morgan fingerprint density at radius 1 is 1.38 bits per heavy atom. The zero-order valence-electron chi connectivity index (χ0n) is 13.3. The Hall–Kier alpha value is -2.81. The maximum Gasteiger partial charge on any atom is 0.350 e. The van der Waals surface area contributed by atoms with Crippen molar-refractivity contribution in [3.05, 3.63) is 50.0 Å². The lowest BCUT2D eigenvalue weighted by Gasteiger charge is -2.05. The lowest BCUT2D eigenvalue weighted by atomic mass is 10.1.